The van der Waals surface area contributed by atoms with Gasteiger partial charge in [-0.15, -0.1) is 0 Å². The predicted molar refractivity (Wildman–Crippen MR) is 58.4 cm³/mol. The van der Waals surface area contributed by atoms with Gasteiger partial charge in [-0.05, 0) is 33.3 Å². The molecule has 0 spiro atoms. The van der Waals surface area contributed by atoms with Crippen LogP contribution >= 0.6 is 0 Å². The first-order valence-corrected chi connectivity index (χ1v) is 5.27. The summed E-state index contributed by atoms with van der Waals surface area (Å²) in [5, 5.41) is 0. The van der Waals surface area contributed by atoms with Crippen molar-refractivity contribution in [2.45, 2.75) is 40.2 Å². The normalized spacial score (nSPS) is 30.5. The Balaban J connectivity index is 3.16. The fourth-order valence-corrected chi connectivity index (χ4v) is 1.55. The van der Waals surface area contributed by atoms with E-state index in [2.05, 4.69) is 0 Å². The molecule has 0 bridgehead atoms. The van der Waals surface area contributed by atoms with E-state index in [-0.39, 0.29) is 0 Å². The standard InChI is InChI=1S/C12H16O4/c1-5-10-9(4)11(13)15-7(2)6-8(3)16-12(10)14/h6,8H,5H2,1-4H3/b7-6-,10-9-. The monoisotopic (exact) mass is 224 g/mol. The molecule has 0 radical (unpaired) electrons. The van der Waals surface area contributed by atoms with E-state index in [0.717, 1.165) is 0 Å². The average molecular weight is 224 g/mol. The van der Waals surface area contributed by atoms with E-state index in [1.165, 1.54) is 0 Å². The second kappa shape index (κ2) is 4.96. The molecule has 0 amide bonds. The summed E-state index contributed by atoms with van der Waals surface area (Å²) >= 11 is 0. The lowest BCUT2D eigenvalue weighted by Crippen LogP contribution is -2.16. The maximum Gasteiger partial charge on any atom is 0.339 e. The van der Waals surface area contributed by atoms with Gasteiger partial charge in [0.25, 0.3) is 0 Å². The molecule has 0 fully saturated rings. The van der Waals surface area contributed by atoms with Crippen LogP contribution in [0.1, 0.15) is 34.1 Å². The molecule has 0 aliphatic carbocycles. The number of carbonyl (C=O) groups excluding carboxylic acids is 2. The van der Waals surface area contributed by atoms with Gasteiger partial charge in [0.05, 0.1) is 0 Å². The molecular formula is C12H16O4. The lowest BCUT2D eigenvalue weighted by Gasteiger charge is -2.10. The topological polar surface area (TPSA) is 52.6 Å². The average Bonchev–Trinajstić information content (AvgIpc) is 2.19. The van der Waals surface area contributed by atoms with Gasteiger partial charge in [0.2, 0.25) is 0 Å². The van der Waals surface area contributed by atoms with Crippen molar-refractivity contribution >= 4 is 11.9 Å². The second-order valence-corrected chi connectivity index (χ2v) is 3.73. The Labute approximate surface area is 94.9 Å². The Kier molecular flexibility index (Phi) is 3.88. The maximum absolute atomic E-state index is 11.7. The van der Waals surface area contributed by atoms with Crippen LogP contribution in [0.25, 0.3) is 0 Å². The second-order valence-electron chi connectivity index (χ2n) is 3.73. The number of esters is 2. The van der Waals surface area contributed by atoms with Crippen LogP contribution < -0.4 is 0 Å². The summed E-state index contributed by atoms with van der Waals surface area (Å²) in [5.74, 6) is -0.492. The summed E-state index contributed by atoms with van der Waals surface area (Å²) in [5.41, 5.74) is 0.689. The van der Waals surface area contributed by atoms with Crippen LogP contribution in [0.2, 0.25) is 0 Å². The minimum absolute atomic E-state index is 0.314. The Hall–Kier alpha value is -1.58. The molecule has 1 atom stereocenters. The lowest BCUT2D eigenvalue weighted by atomic mass is 10.1. The molecule has 0 aromatic rings. The van der Waals surface area contributed by atoms with Crippen LogP contribution in [0.5, 0.6) is 0 Å². The molecule has 0 aromatic heterocycles. The van der Waals surface area contributed by atoms with E-state index in [0.29, 0.717) is 23.3 Å². The first kappa shape index (κ1) is 12.5. The minimum Gasteiger partial charge on any atom is -0.455 e. The Morgan fingerprint density at radius 2 is 1.88 bits per heavy atom. The van der Waals surface area contributed by atoms with E-state index < -0.39 is 18.0 Å². The van der Waals surface area contributed by atoms with Crippen LogP contribution in [0.3, 0.4) is 0 Å². The molecule has 1 rings (SSSR count). The number of cyclic esters (lactones) is 2. The number of carbonyl (C=O) groups is 2. The van der Waals surface area contributed by atoms with E-state index in [9.17, 15) is 9.59 Å². The Morgan fingerprint density at radius 3 is 2.44 bits per heavy atom. The molecule has 1 aliphatic rings. The zero-order valence-corrected chi connectivity index (χ0v) is 9.99. The highest BCUT2D eigenvalue weighted by molar-refractivity contribution is 6.00. The van der Waals surface area contributed by atoms with Crippen LogP contribution in [0.4, 0.5) is 0 Å². The van der Waals surface area contributed by atoms with Gasteiger partial charge in [-0.3, -0.25) is 0 Å². The highest BCUT2D eigenvalue weighted by atomic mass is 16.6. The molecular weight excluding hydrogens is 208 g/mol. The zero-order valence-electron chi connectivity index (χ0n) is 9.99. The quantitative estimate of drug-likeness (QED) is 0.640. The van der Waals surface area contributed by atoms with Crippen molar-refractivity contribution in [3.63, 3.8) is 0 Å². The lowest BCUT2D eigenvalue weighted by molar-refractivity contribution is -0.142. The third kappa shape index (κ3) is 2.72. The van der Waals surface area contributed by atoms with Crippen LogP contribution in [-0.2, 0) is 19.1 Å². The molecule has 4 nitrogen and oxygen atoms in total. The molecule has 1 unspecified atom stereocenters. The Morgan fingerprint density at radius 1 is 1.25 bits per heavy atom. The third-order valence-corrected chi connectivity index (χ3v) is 2.37. The Bertz CT molecular complexity index is 376. The van der Waals surface area contributed by atoms with Crippen molar-refractivity contribution in [2.24, 2.45) is 0 Å². The summed E-state index contributed by atoms with van der Waals surface area (Å²) < 4.78 is 10.2. The highest BCUT2D eigenvalue weighted by Gasteiger charge is 2.22. The molecule has 0 saturated heterocycles. The molecule has 88 valence electrons. The fraction of sp³-hybridized carbons (Fsp3) is 0.500. The van der Waals surface area contributed by atoms with E-state index >= 15 is 0 Å². The smallest absolute Gasteiger partial charge is 0.339 e. The molecule has 0 aromatic carbocycles. The fourth-order valence-electron chi connectivity index (χ4n) is 1.55. The van der Waals surface area contributed by atoms with Gasteiger partial charge >= 0.3 is 11.9 Å². The third-order valence-electron chi connectivity index (χ3n) is 2.37. The first-order valence-electron chi connectivity index (χ1n) is 5.27. The van der Waals surface area contributed by atoms with Gasteiger partial charge < -0.3 is 9.47 Å². The molecule has 16 heavy (non-hydrogen) atoms. The minimum atomic E-state index is -0.489. The van der Waals surface area contributed by atoms with Gasteiger partial charge in [-0.2, -0.15) is 0 Å². The maximum atomic E-state index is 11.7. The van der Waals surface area contributed by atoms with E-state index in [4.69, 9.17) is 9.47 Å². The van der Waals surface area contributed by atoms with Gasteiger partial charge in [-0.25, -0.2) is 9.59 Å². The van der Waals surface area contributed by atoms with Crippen LogP contribution in [0.15, 0.2) is 23.0 Å². The van der Waals surface area contributed by atoms with Gasteiger partial charge in [0.1, 0.15) is 11.9 Å². The highest BCUT2D eigenvalue weighted by Crippen LogP contribution is 2.17. The molecule has 0 N–H and O–H groups in total. The van der Waals surface area contributed by atoms with Crippen LogP contribution in [-0.4, -0.2) is 18.0 Å². The number of hydrogen-bond donors (Lipinski definition) is 0. The number of allylic oxidation sites excluding steroid dienone is 1. The van der Waals surface area contributed by atoms with Crippen molar-refractivity contribution in [2.75, 3.05) is 0 Å². The van der Waals surface area contributed by atoms with E-state index in [1.807, 2.05) is 0 Å². The summed E-state index contributed by atoms with van der Waals surface area (Å²) in [6.45, 7) is 6.76. The largest absolute Gasteiger partial charge is 0.455 e. The van der Waals surface area contributed by atoms with Gasteiger partial charge in [0, 0.05) is 11.1 Å². The van der Waals surface area contributed by atoms with Crippen molar-refractivity contribution in [3.8, 4) is 0 Å². The molecule has 4 heteroatoms. The number of ether oxygens (including phenoxy) is 2. The number of hydrogen-bond acceptors (Lipinski definition) is 4. The summed E-state index contributed by atoms with van der Waals surface area (Å²) in [7, 11) is 0. The molecule has 1 heterocycles. The SMILES string of the molecule is CC/C1=C(\C)C(=O)O/C(C)=C\C(C)OC1=O. The van der Waals surface area contributed by atoms with E-state index in [1.54, 1.807) is 33.8 Å². The van der Waals surface area contributed by atoms with Crippen molar-refractivity contribution in [1.29, 1.82) is 0 Å². The van der Waals surface area contributed by atoms with Crippen LogP contribution in [0, 0.1) is 0 Å². The summed E-state index contributed by atoms with van der Waals surface area (Å²) in [6.07, 6.45) is 1.65. The number of rotatable bonds is 1. The van der Waals surface area contributed by atoms with Gasteiger partial charge in [-0.1, -0.05) is 6.92 Å². The first-order chi connectivity index (χ1) is 7.45. The van der Waals surface area contributed by atoms with Crippen molar-refractivity contribution < 1.29 is 19.1 Å². The van der Waals surface area contributed by atoms with Crippen molar-refractivity contribution in [3.05, 3.63) is 23.0 Å². The van der Waals surface area contributed by atoms with Gasteiger partial charge in [0.15, 0.2) is 0 Å². The predicted octanol–water partition coefficient (Wildman–Crippen LogP) is 2.11. The molecule has 0 saturated carbocycles. The van der Waals surface area contributed by atoms with Crippen molar-refractivity contribution in [1.82, 2.24) is 0 Å². The molecule has 1 aliphatic heterocycles. The zero-order chi connectivity index (χ0) is 12.3. The summed E-state index contributed by atoms with van der Waals surface area (Å²) in [4.78, 5) is 23.3. The summed E-state index contributed by atoms with van der Waals surface area (Å²) in [6, 6.07) is 0.